The van der Waals surface area contributed by atoms with Gasteiger partial charge in [-0.15, -0.1) is 0 Å². The average Bonchev–Trinajstić information content (AvgIpc) is 3.05. The van der Waals surface area contributed by atoms with E-state index in [0.717, 1.165) is 23.2 Å². The largest absolute Gasteiger partial charge is 0.481 e. The Hall–Kier alpha value is -2.36. The topological polar surface area (TPSA) is 59.3 Å². The summed E-state index contributed by atoms with van der Waals surface area (Å²) in [6.07, 6.45) is 1.28. The maximum absolute atomic E-state index is 12.9. The fraction of sp³-hybridized carbons (Fsp3) is 0.333. The van der Waals surface area contributed by atoms with E-state index >= 15 is 0 Å². The molecular weight excluding hydrogens is 278 g/mol. The van der Waals surface area contributed by atoms with Crippen LogP contribution in [0.25, 0.3) is 0 Å². The highest BCUT2D eigenvalue weighted by Gasteiger charge is 2.33. The number of nitrogens with zero attached hydrogens (tertiary/aromatic N) is 1. The van der Waals surface area contributed by atoms with E-state index in [1.165, 1.54) is 0 Å². The van der Waals surface area contributed by atoms with E-state index in [1.807, 2.05) is 48.7 Å². The molecule has 1 aromatic carbocycles. The Balaban J connectivity index is 2.07. The van der Waals surface area contributed by atoms with Gasteiger partial charge in [0.05, 0.1) is 11.6 Å². The number of carboxylic acids is 1. The molecule has 0 amide bonds. The lowest BCUT2D eigenvalue weighted by atomic mass is 10.0. The first-order valence-corrected chi connectivity index (χ1v) is 7.59. The molecule has 0 saturated carbocycles. The number of aryl methyl sites for hydroxylation is 2. The predicted molar refractivity (Wildman–Crippen MR) is 83.4 cm³/mol. The van der Waals surface area contributed by atoms with Crippen molar-refractivity contribution in [2.45, 2.75) is 39.2 Å². The molecule has 2 heterocycles. The first-order valence-electron chi connectivity index (χ1n) is 7.59. The maximum Gasteiger partial charge on any atom is 0.312 e. The highest BCUT2D eigenvalue weighted by atomic mass is 16.4. The predicted octanol–water partition coefficient (Wildman–Crippen LogP) is 3.16. The van der Waals surface area contributed by atoms with Gasteiger partial charge < -0.3 is 9.67 Å². The molecule has 1 N–H and O–H groups in total. The zero-order valence-corrected chi connectivity index (χ0v) is 12.8. The van der Waals surface area contributed by atoms with Crippen LogP contribution in [-0.2, 0) is 17.8 Å². The molecule has 0 saturated heterocycles. The number of hydrogen-bond acceptors (Lipinski definition) is 2. The Kier molecular flexibility index (Phi) is 3.61. The molecule has 1 atom stereocenters. The van der Waals surface area contributed by atoms with Crippen molar-refractivity contribution >= 4 is 11.8 Å². The summed E-state index contributed by atoms with van der Waals surface area (Å²) in [5.74, 6) is -1.33. The molecule has 1 unspecified atom stereocenters. The average molecular weight is 297 g/mol. The van der Waals surface area contributed by atoms with Crippen molar-refractivity contribution < 1.29 is 14.7 Å². The lowest BCUT2D eigenvalue weighted by Gasteiger charge is -2.08. The molecule has 0 spiro atoms. The van der Waals surface area contributed by atoms with Crippen LogP contribution in [0.3, 0.4) is 0 Å². The van der Waals surface area contributed by atoms with Crippen LogP contribution in [0, 0.1) is 6.92 Å². The lowest BCUT2D eigenvalue weighted by molar-refractivity contribution is -0.138. The summed E-state index contributed by atoms with van der Waals surface area (Å²) in [6, 6.07) is 9.41. The first-order chi connectivity index (χ1) is 10.5. The van der Waals surface area contributed by atoms with Crippen LogP contribution in [0.15, 0.2) is 30.3 Å². The number of carbonyl (C=O) groups is 2. The second-order valence-electron chi connectivity index (χ2n) is 5.82. The quantitative estimate of drug-likeness (QED) is 0.882. The van der Waals surface area contributed by atoms with Crippen molar-refractivity contribution in [2.24, 2.45) is 0 Å². The molecule has 0 bridgehead atoms. The summed E-state index contributed by atoms with van der Waals surface area (Å²) < 4.78 is 1.90. The van der Waals surface area contributed by atoms with Gasteiger partial charge in [-0.25, -0.2) is 0 Å². The Labute approximate surface area is 129 Å². The van der Waals surface area contributed by atoms with Crippen LogP contribution >= 0.6 is 0 Å². The van der Waals surface area contributed by atoms with Crippen LogP contribution < -0.4 is 0 Å². The van der Waals surface area contributed by atoms with Crippen molar-refractivity contribution in [1.82, 2.24) is 4.57 Å². The third-order valence-corrected chi connectivity index (χ3v) is 4.41. The molecule has 0 aliphatic carbocycles. The van der Waals surface area contributed by atoms with E-state index in [0.29, 0.717) is 24.2 Å². The molecule has 2 aromatic rings. The number of fused-ring (bicyclic) bond motifs is 1. The van der Waals surface area contributed by atoms with E-state index in [9.17, 15) is 14.7 Å². The number of carbonyl (C=O) groups excluding carboxylic acids is 1. The minimum atomic E-state index is -0.812. The summed E-state index contributed by atoms with van der Waals surface area (Å²) in [5, 5.41) is 9.32. The van der Waals surface area contributed by atoms with Gasteiger partial charge in [-0.2, -0.15) is 0 Å². The zero-order chi connectivity index (χ0) is 15.9. The third kappa shape index (κ3) is 2.25. The Morgan fingerprint density at radius 1 is 1.27 bits per heavy atom. The number of aromatic nitrogens is 1. The molecular formula is C18H19NO3. The van der Waals surface area contributed by atoms with Crippen LogP contribution in [0.5, 0.6) is 0 Å². The van der Waals surface area contributed by atoms with Gasteiger partial charge in [0.25, 0.3) is 0 Å². The first kappa shape index (κ1) is 14.6. The Morgan fingerprint density at radius 2 is 1.95 bits per heavy atom. The lowest BCUT2D eigenvalue weighted by Crippen LogP contribution is -2.11. The van der Waals surface area contributed by atoms with Gasteiger partial charge in [-0.1, -0.05) is 36.8 Å². The molecule has 4 heteroatoms. The van der Waals surface area contributed by atoms with E-state index in [-0.39, 0.29) is 5.78 Å². The minimum Gasteiger partial charge on any atom is -0.481 e. The third-order valence-electron chi connectivity index (χ3n) is 4.41. The summed E-state index contributed by atoms with van der Waals surface area (Å²) in [4.78, 5) is 24.2. The highest BCUT2D eigenvalue weighted by molar-refractivity contribution is 6.09. The highest BCUT2D eigenvalue weighted by Crippen LogP contribution is 2.34. The van der Waals surface area contributed by atoms with Gasteiger partial charge in [0.2, 0.25) is 5.78 Å². The summed E-state index contributed by atoms with van der Waals surface area (Å²) >= 11 is 0. The Bertz CT molecular complexity index is 740. The molecule has 3 rings (SSSR count). The normalized spacial score (nSPS) is 16.5. The molecule has 1 aliphatic rings. The number of hydrogen-bond donors (Lipinski definition) is 1. The monoisotopic (exact) mass is 297 g/mol. The van der Waals surface area contributed by atoms with E-state index in [2.05, 4.69) is 0 Å². The molecule has 0 fully saturated rings. The minimum absolute atomic E-state index is 0.0193. The maximum atomic E-state index is 12.9. The summed E-state index contributed by atoms with van der Waals surface area (Å²) in [7, 11) is 0. The van der Waals surface area contributed by atoms with Crippen LogP contribution in [0.4, 0.5) is 0 Å². The number of rotatable bonds is 4. The van der Waals surface area contributed by atoms with Crippen LogP contribution in [0.1, 0.15) is 52.1 Å². The van der Waals surface area contributed by atoms with Crippen molar-refractivity contribution in [3.63, 3.8) is 0 Å². The fourth-order valence-corrected chi connectivity index (χ4v) is 3.19. The molecule has 114 valence electrons. The van der Waals surface area contributed by atoms with Crippen molar-refractivity contribution in [3.05, 3.63) is 58.4 Å². The van der Waals surface area contributed by atoms with Gasteiger partial charge in [0.1, 0.15) is 0 Å². The van der Waals surface area contributed by atoms with Crippen molar-refractivity contribution in [1.29, 1.82) is 0 Å². The van der Waals surface area contributed by atoms with Crippen molar-refractivity contribution in [2.75, 3.05) is 0 Å². The van der Waals surface area contributed by atoms with E-state index in [4.69, 9.17) is 0 Å². The zero-order valence-electron chi connectivity index (χ0n) is 12.8. The van der Waals surface area contributed by atoms with E-state index in [1.54, 1.807) is 0 Å². The van der Waals surface area contributed by atoms with Gasteiger partial charge in [0.15, 0.2) is 0 Å². The fourth-order valence-electron chi connectivity index (χ4n) is 3.19. The molecule has 1 aromatic heterocycles. The number of ketones is 1. The smallest absolute Gasteiger partial charge is 0.312 e. The van der Waals surface area contributed by atoms with Crippen LogP contribution in [-0.4, -0.2) is 21.4 Å². The molecule has 0 radical (unpaired) electrons. The standard InChI is InChI=1S/C18H19NO3/c1-3-12-10-15-14(18(21)22)8-9-19(15)16(12)17(20)13-6-4-11(2)5-7-13/h4-7,10,14H,3,8-9H2,1-2H3,(H,21,22). The van der Waals surface area contributed by atoms with Gasteiger partial charge >= 0.3 is 5.97 Å². The second-order valence-corrected chi connectivity index (χ2v) is 5.82. The van der Waals surface area contributed by atoms with Gasteiger partial charge in [0, 0.05) is 17.8 Å². The molecule has 22 heavy (non-hydrogen) atoms. The number of carboxylic acid groups (broad SMARTS) is 1. The summed E-state index contributed by atoms with van der Waals surface area (Å²) in [6.45, 7) is 4.57. The SMILES string of the molecule is CCc1cc2n(c1C(=O)c1ccc(C)cc1)CCC2C(=O)O. The Morgan fingerprint density at radius 3 is 2.55 bits per heavy atom. The second kappa shape index (κ2) is 5.44. The summed E-state index contributed by atoms with van der Waals surface area (Å²) in [5.41, 5.74) is 4.12. The van der Waals surface area contributed by atoms with E-state index < -0.39 is 11.9 Å². The van der Waals surface area contributed by atoms with Gasteiger partial charge in [-0.05, 0) is 31.4 Å². The molecule has 1 aliphatic heterocycles. The van der Waals surface area contributed by atoms with Gasteiger partial charge in [-0.3, -0.25) is 9.59 Å². The molecule has 4 nitrogen and oxygen atoms in total. The number of aliphatic carboxylic acids is 1. The number of benzene rings is 1. The van der Waals surface area contributed by atoms with Crippen molar-refractivity contribution in [3.8, 4) is 0 Å². The van der Waals surface area contributed by atoms with Crippen LogP contribution in [0.2, 0.25) is 0 Å².